The summed E-state index contributed by atoms with van der Waals surface area (Å²) >= 11 is 11.4. The van der Waals surface area contributed by atoms with Crippen molar-refractivity contribution in [2.45, 2.75) is 13.0 Å². The normalized spacial score (nSPS) is 12.1. The van der Waals surface area contributed by atoms with E-state index in [-0.39, 0.29) is 6.04 Å². The maximum atomic E-state index is 6.27. The van der Waals surface area contributed by atoms with Gasteiger partial charge in [0, 0.05) is 17.0 Å². The maximum Gasteiger partial charge on any atom is 0.162 e. The van der Waals surface area contributed by atoms with E-state index in [0.29, 0.717) is 16.5 Å². The van der Waals surface area contributed by atoms with E-state index < -0.39 is 0 Å². The predicted octanol–water partition coefficient (Wildman–Crippen LogP) is 5.35. The molecule has 1 atom stereocenters. The fourth-order valence-corrected chi connectivity index (χ4v) is 3.46. The van der Waals surface area contributed by atoms with Crippen molar-refractivity contribution in [3.8, 4) is 11.5 Å². The maximum absolute atomic E-state index is 6.27. The lowest BCUT2D eigenvalue weighted by molar-refractivity contribution is 0.355. The first-order valence-corrected chi connectivity index (χ1v) is 7.97. The molecule has 0 aliphatic heterocycles. The first kappa shape index (κ1) is 15.5. The summed E-state index contributed by atoms with van der Waals surface area (Å²) in [6, 6.07) is 7.87. The van der Waals surface area contributed by atoms with Crippen LogP contribution in [0.5, 0.6) is 11.5 Å². The van der Waals surface area contributed by atoms with Crippen LogP contribution in [0.15, 0.2) is 28.1 Å². The summed E-state index contributed by atoms with van der Waals surface area (Å²) in [4.78, 5) is 1.22. The lowest BCUT2D eigenvalue weighted by atomic mass is 10.2. The second-order valence-corrected chi connectivity index (χ2v) is 7.10. The van der Waals surface area contributed by atoms with E-state index in [2.05, 4.69) is 34.2 Å². The van der Waals surface area contributed by atoms with E-state index in [9.17, 15) is 0 Å². The molecule has 0 saturated heterocycles. The summed E-state index contributed by atoms with van der Waals surface area (Å²) in [6.45, 7) is 2.09. The molecular formula is C14H15BrClNO2S. The number of thiophene rings is 1. The van der Waals surface area contributed by atoms with Gasteiger partial charge in [-0.3, -0.25) is 0 Å². The minimum absolute atomic E-state index is 0.155. The minimum atomic E-state index is 0.155. The van der Waals surface area contributed by atoms with Crippen molar-refractivity contribution in [3.63, 3.8) is 0 Å². The monoisotopic (exact) mass is 375 g/mol. The Labute approximate surface area is 136 Å². The number of halogens is 2. The zero-order chi connectivity index (χ0) is 14.7. The van der Waals surface area contributed by atoms with Gasteiger partial charge in [-0.05, 0) is 35.0 Å². The Bertz CT molecular complexity index is 603. The zero-order valence-electron chi connectivity index (χ0n) is 11.4. The van der Waals surface area contributed by atoms with Crippen LogP contribution in [-0.4, -0.2) is 14.2 Å². The van der Waals surface area contributed by atoms with Crippen molar-refractivity contribution in [3.05, 3.63) is 38.0 Å². The Balaban J connectivity index is 2.24. The lowest BCUT2D eigenvalue weighted by Gasteiger charge is -2.17. The van der Waals surface area contributed by atoms with Gasteiger partial charge in [0.05, 0.1) is 34.8 Å². The van der Waals surface area contributed by atoms with Gasteiger partial charge in [-0.1, -0.05) is 11.6 Å². The molecule has 0 saturated carbocycles. The fraction of sp³-hybridized carbons (Fsp3) is 0.286. The molecule has 0 spiro atoms. The highest BCUT2D eigenvalue weighted by molar-refractivity contribution is 9.11. The highest BCUT2D eigenvalue weighted by Crippen LogP contribution is 2.38. The Kier molecular flexibility index (Phi) is 5.18. The number of nitrogens with one attached hydrogen (secondary N) is 1. The largest absolute Gasteiger partial charge is 0.493 e. The van der Waals surface area contributed by atoms with Crippen molar-refractivity contribution >= 4 is 44.6 Å². The van der Waals surface area contributed by atoms with E-state index >= 15 is 0 Å². The van der Waals surface area contributed by atoms with E-state index in [4.69, 9.17) is 21.1 Å². The van der Waals surface area contributed by atoms with Crippen LogP contribution in [-0.2, 0) is 0 Å². The van der Waals surface area contributed by atoms with Gasteiger partial charge in [-0.15, -0.1) is 11.3 Å². The average molecular weight is 377 g/mol. The lowest BCUT2D eigenvalue weighted by Crippen LogP contribution is -2.05. The number of anilines is 1. The Hall–Kier alpha value is -0.910. The van der Waals surface area contributed by atoms with E-state index in [0.717, 1.165) is 9.47 Å². The molecule has 0 bridgehead atoms. The molecule has 20 heavy (non-hydrogen) atoms. The third-order valence-corrected chi connectivity index (χ3v) is 4.99. The van der Waals surface area contributed by atoms with Crippen molar-refractivity contribution < 1.29 is 9.47 Å². The number of rotatable bonds is 5. The van der Waals surface area contributed by atoms with E-state index in [1.807, 2.05) is 12.1 Å². The zero-order valence-corrected chi connectivity index (χ0v) is 14.5. The second-order valence-electron chi connectivity index (χ2n) is 4.19. The third-order valence-electron chi connectivity index (χ3n) is 2.87. The van der Waals surface area contributed by atoms with Crippen molar-refractivity contribution in [1.82, 2.24) is 0 Å². The van der Waals surface area contributed by atoms with Crippen LogP contribution in [0.4, 0.5) is 5.69 Å². The third kappa shape index (κ3) is 3.40. The number of benzene rings is 1. The summed E-state index contributed by atoms with van der Waals surface area (Å²) in [5, 5.41) is 3.99. The molecule has 1 unspecified atom stereocenters. The molecule has 1 aromatic heterocycles. The minimum Gasteiger partial charge on any atom is -0.493 e. The molecule has 3 nitrogen and oxygen atoms in total. The van der Waals surface area contributed by atoms with Gasteiger partial charge in [-0.2, -0.15) is 0 Å². The smallest absolute Gasteiger partial charge is 0.162 e. The second kappa shape index (κ2) is 6.70. The van der Waals surface area contributed by atoms with Crippen LogP contribution >= 0.6 is 38.9 Å². The highest BCUT2D eigenvalue weighted by atomic mass is 79.9. The Morgan fingerprint density at radius 3 is 2.40 bits per heavy atom. The van der Waals surface area contributed by atoms with Crippen molar-refractivity contribution in [2.75, 3.05) is 19.5 Å². The summed E-state index contributed by atoms with van der Waals surface area (Å²) in [7, 11) is 3.20. The van der Waals surface area contributed by atoms with Crippen LogP contribution in [0.2, 0.25) is 5.02 Å². The molecule has 2 rings (SSSR count). The van der Waals surface area contributed by atoms with Crippen LogP contribution < -0.4 is 14.8 Å². The van der Waals surface area contributed by atoms with Crippen molar-refractivity contribution in [1.29, 1.82) is 0 Å². The molecule has 108 valence electrons. The predicted molar refractivity (Wildman–Crippen MR) is 88.6 cm³/mol. The first-order valence-electron chi connectivity index (χ1n) is 5.98. The number of methoxy groups -OCH3 is 2. The molecule has 1 aromatic carbocycles. The summed E-state index contributed by atoms with van der Waals surface area (Å²) in [5.41, 5.74) is 0.821. The summed E-state index contributed by atoms with van der Waals surface area (Å²) in [6.07, 6.45) is 0. The van der Waals surface area contributed by atoms with Gasteiger partial charge in [0.2, 0.25) is 0 Å². The topological polar surface area (TPSA) is 30.5 Å². The van der Waals surface area contributed by atoms with Crippen LogP contribution in [0.1, 0.15) is 17.8 Å². The van der Waals surface area contributed by atoms with Gasteiger partial charge in [-0.25, -0.2) is 0 Å². The molecular weight excluding hydrogens is 362 g/mol. The first-order chi connectivity index (χ1) is 9.55. The SMILES string of the molecule is COc1cc(Cl)c(NC(C)c2ccc(Br)s2)cc1OC. The molecule has 0 amide bonds. The van der Waals surface area contributed by atoms with Gasteiger partial charge >= 0.3 is 0 Å². The summed E-state index contributed by atoms with van der Waals surface area (Å²) < 4.78 is 11.6. The highest BCUT2D eigenvalue weighted by Gasteiger charge is 2.13. The fourth-order valence-electron chi connectivity index (χ4n) is 1.83. The molecule has 0 fully saturated rings. The number of hydrogen-bond donors (Lipinski definition) is 1. The molecule has 2 aromatic rings. The molecule has 0 radical (unpaired) electrons. The quantitative estimate of drug-likeness (QED) is 0.762. The number of hydrogen-bond acceptors (Lipinski definition) is 4. The van der Waals surface area contributed by atoms with Gasteiger partial charge < -0.3 is 14.8 Å². The molecule has 0 aliphatic rings. The van der Waals surface area contributed by atoms with Crippen LogP contribution in [0.3, 0.4) is 0 Å². The van der Waals surface area contributed by atoms with Gasteiger partial charge in [0.25, 0.3) is 0 Å². The van der Waals surface area contributed by atoms with Gasteiger partial charge in [0.1, 0.15) is 0 Å². The molecule has 1 N–H and O–H groups in total. The average Bonchev–Trinajstić information content (AvgIpc) is 2.87. The molecule has 0 aliphatic carbocycles. The van der Waals surface area contributed by atoms with Gasteiger partial charge in [0.15, 0.2) is 11.5 Å². The van der Waals surface area contributed by atoms with Crippen LogP contribution in [0.25, 0.3) is 0 Å². The standard InChI is InChI=1S/C14H15BrClNO2S/c1-8(13-4-5-14(15)20-13)17-10-7-12(19-3)11(18-2)6-9(10)16/h4-8,17H,1-3H3. The van der Waals surface area contributed by atoms with E-state index in [1.165, 1.54) is 4.88 Å². The molecule has 6 heteroatoms. The Morgan fingerprint density at radius 2 is 1.85 bits per heavy atom. The number of ether oxygens (including phenoxy) is 2. The van der Waals surface area contributed by atoms with Crippen molar-refractivity contribution in [2.24, 2.45) is 0 Å². The van der Waals surface area contributed by atoms with Crippen LogP contribution in [0, 0.1) is 0 Å². The summed E-state index contributed by atoms with van der Waals surface area (Å²) in [5.74, 6) is 1.27. The Morgan fingerprint density at radius 1 is 1.20 bits per heavy atom. The molecule has 1 heterocycles. The van der Waals surface area contributed by atoms with E-state index in [1.54, 1.807) is 31.6 Å².